The zero-order valence-electron chi connectivity index (χ0n) is 18.3. The molecule has 3 N–H and O–H groups in total. The van der Waals surface area contributed by atoms with Crippen molar-refractivity contribution in [3.8, 4) is 11.1 Å². The molecule has 2 aromatic carbocycles. The van der Waals surface area contributed by atoms with Crippen LogP contribution in [0.15, 0.2) is 54.7 Å². The fourth-order valence-corrected chi connectivity index (χ4v) is 4.61. The second-order valence-electron chi connectivity index (χ2n) is 7.62. The normalized spacial score (nSPS) is 13.0. The molecule has 3 aromatic rings. The zero-order chi connectivity index (χ0) is 24.1. The van der Waals surface area contributed by atoms with Gasteiger partial charge in [-0.2, -0.15) is 0 Å². The number of fused-ring (bicyclic) bond motifs is 3. The van der Waals surface area contributed by atoms with Crippen molar-refractivity contribution in [3.63, 3.8) is 0 Å². The predicted octanol–water partition coefficient (Wildman–Crippen LogP) is 3.01. The van der Waals surface area contributed by atoms with Crippen LogP contribution >= 0.6 is 11.3 Å². The molecule has 1 aromatic heterocycles. The number of hydrogen-bond donors (Lipinski definition) is 3. The molecule has 34 heavy (non-hydrogen) atoms. The summed E-state index contributed by atoms with van der Waals surface area (Å²) in [7, 11) is 1.42. The van der Waals surface area contributed by atoms with Gasteiger partial charge < -0.3 is 25.2 Å². The van der Waals surface area contributed by atoms with Crippen LogP contribution in [-0.2, 0) is 20.8 Å². The summed E-state index contributed by atoms with van der Waals surface area (Å²) in [5.74, 6) is -1.67. The number of benzene rings is 2. The van der Waals surface area contributed by atoms with E-state index in [1.807, 2.05) is 36.4 Å². The highest BCUT2D eigenvalue weighted by molar-refractivity contribution is 7.13. The lowest BCUT2D eigenvalue weighted by atomic mass is 9.98. The number of methoxy groups -OCH3 is 1. The first-order chi connectivity index (χ1) is 16.5. The van der Waals surface area contributed by atoms with E-state index in [1.54, 1.807) is 0 Å². The highest BCUT2D eigenvalue weighted by atomic mass is 32.1. The summed E-state index contributed by atoms with van der Waals surface area (Å²) in [6, 6.07) is 15.0. The van der Waals surface area contributed by atoms with E-state index < -0.39 is 24.0 Å². The maximum Gasteiger partial charge on any atom is 0.407 e. The molecule has 2 amide bonds. The van der Waals surface area contributed by atoms with Crippen molar-refractivity contribution in [2.24, 2.45) is 0 Å². The third-order valence-corrected chi connectivity index (χ3v) is 6.45. The number of ether oxygens (including phenoxy) is 2. The van der Waals surface area contributed by atoms with Gasteiger partial charge in [-0.05, 0) is 22.3 Å². The van der Waals surface area contributed by atoms with Crippen LogP contribution < -0.4 is 10.6 Å². The molecule has 4 rings (SSSR count). The number of hydrogen-bond acceptors (Lipinski definition) is 7. The van der Waals surface area contributed by atoms with Crippen LogP contribution in [0.25, 0.3) is 11.1 Å². The number of carbonyl (C=O) groups is 3. The molecule has 0 saturated heterocycles. The van der Waals surface area contributed by atoms with E-state index in [0.717, 1.165) is 33.6 Å². The molecular weight excluding hydrogens is 458 g/mol. The van der Waals surface area contributed by atoms with E-state index in [4.69, 9.17) is 14.6 Å². The predicted molar refractivity (Wildman–Crippen MR) is 125 cm³/mol. The molecule has 0 spiro atoms. The number of carboxylic acids is 1. The highest BCUT2D eigenvalue weighted by Gasteiger charge is 2.29. The van der Waals surface area contributed by atoms with Crippen molar-refractivity contribution in [3.05, 3.63) is 75.7 Å². The van der Waals surface area contributed by atoms with Gasteiger partial charge in [-0.15, -0.1) is 11.3 Å². The first kappa shape index (κ1) is 23.4. The molecule has 10 heteroatoms. The summed E-state index contributed by atoms with van der Waals surface area (Å²) in [5, 5.41) is 14.6. The van der Waals surface area contributed by atoms with E-state index in [2.05, 4.69) is 27.8 Å². The second-order valence-corrected chi connectivity index (χ2v) is 8.73. The molecule has 0 bridgehead atoms. The van der Waals surface area contributed by atoms with Gasteiger partial charge in [0.15, 0.2) is 0 Å². The van der Waals surface area contributed by atoms with Crippen LogP contribution in [0.1, 0.15) is 31.7 Å². The van der Waals surface area contributed by atoms with Crippen LogP contribution in [0.5, 0.6) is 0 Å². The standard InChI is InChI=1S/C24H23N3O6S/c1-32-13-19(22(28)26-11-21-25-10-20(34-21)23(29)30)27-24(31)33-12-18-16-8-4-2-6-14(16)15-7-3-5-9-17(15)18/h2-10,18-19H,11-13H2,1H3,(H,26,28)(H,27,31)(H,29,30)/t19-/m0/s1. The van der Waals surface area contributed by atoms with Gasteiger partial charge in [0.2, 0.25) is 5.91 Å². The number of nitrogens with zero attached hydrogens (tertiary/aromatic N) is 1. The largest absolute Gasteiger partial charge is 0.477 e. The average molecular weight is 482 g/mol. The second kappa shape index (κ2) is 10.4. The Morgan fingerprint density at radius 3 is 2.32 bits per heavy atom. The fourth-order valence-electron chi connectivity index (χ4n) is 3.91. The van der Waals surface area contributed by atoms with Gasteiger partial charge in [-0.1, -0.05) is 48.5 Å². The Bertz CT molecular complexity index is 1170. The molecule has 9 nitrogen and oxygen atoms in total. The quantitative estimate of drug-likeness (QED) is 0.429. The molecular formula is C24H23N3O6S. The molecule has 176 valence electrons. The van der Waals surface area contributed by atoms with Crippen LogP contribution in [0.2, 0.25) is 0 Å². The van der Waals surface area contributed by atoms with E-state index in [0.29, 0.717) is 5.01 Å². The van der Waals surface area contributed by atoms with Gasteiger partial charge in [0, 0.05) is 13.0 Å². The van der Waals surface area contributed by atoms with Gasteiger partial charge in [-0.25, -0.2) is 14.6 Å². The van der Waals surface area contributed by atoms with Crippen LogP contribution in [0.3, 0.4) is 0 Å². The number of carbonyl (C=O) groups excluding carboxylic acids is 2. The fraction of sp³-hybridized carbons (Fsp3) is 0.250. The average Bonchev–Trinajstić information content (AvgIpc) is 3.44. The summed E-state index contributed by atoms with van der Waals surface area (Å²) >= 11 is 0.964. The van der Waals surface area contributed by atoms with Crippen LogP contribution in [0, 0.1) is 0 Å². The van der Waals surface area contributed by atoms with Gasteiger partial charge >= 0.3 is 12.1 Å². The minimum absolute atomic E-state index is 0.0311. The topological polar surface area (TPSA) is 127 Å². The Kier molecular flexibility index (Phi) is 7.19. The van der Waals surface area contributed by atoms with Crippen molar-refractivity contribution in [1.29, 1.82) is 0 Å². The number of carboxylic acid groups (broad SMARTS) is 1. The molecule has 0 unspecified atom stereocenters. The van der Waals surface area contributed by atoms with Crippen molar-refractivity contribution in [1.82, 2.24) is 15.6 Å². The maximum atomic E-state index is 12.6. The number of amides is 2. The monoisotopic (exact) mass is 481 g/mol. The van der Waals surface area contributed by atoms with Crippen molar-refractivity contribution in [2.75, 3.05) is 20.3 Å². The summed E-state index contributed by atoms with van der Waals surface area (Å²) in [4.78, 5) is 40.1. The molecule has 0 aliphatic heterocycles. The number of aromatic carboxylic acids is 1. The lowest BCUT2D eigenvalue weighted by Crippen LogP contribution is -2.49. The van der Waals surface area contributed by atoms with Crippen LogP contribution in [-0.4, -0.2) is 54.4 Å². The van der Waals surface area contributed by atoms with Crippen molar-refractivity contribution in [2.45, 2.75) is 18.5 Å². The molecule has 1 aliphatic rings. The Labute approximate surface area is 199 Å². The molecule has 0 saturated carbocycles. The minimum atomic E-state index is -1.08. The number of nitrogens with one attached hydrogen (secondary N) is 2. The van der Waals surface area contributed by atoms with E-state index in [1.165, 1.54) is 13.3 Å². The third kappa shape index (κ3) is 5.08. The molecule has 0 fully saturated rings. The first-order valence-electron chi connectivity index (χ1n) is 10.5. The number of rotatable bonds is 9. The third-order valence-electron chi connectivity index (χ3n) is 5.46. The molecule has 1 aliphatic carbocycles. The number of alkyl carbamates (subject to hydrolysis) is 1. The lowest BCUT2D eigenvalue weighted by Gasteiger charge is -2.19. The zero-order valence-corrected chi connectivity index (χ0v) is 19.1. The number of aromatic nitrogens is 1. The SMILES string of the molecule is COC[C@H](NC(=O)OCC1c2ccccc2-c2ccccc21)C(=O)NCc1ncc(C(=O)O)s1. The summed E-state index contributed by atoms with van der Waals surface area (Å²) in [6.45, 7) is 0.0932. The molecule has 0 radical (unpaired) electrons. The van der Waals surface area contributed by atoms with Crippen molar-refractivity contribution >= 4 is 29.3 Å². The van der Waals surface area contributed by atoms with E-state index in [-0.39, 0.29) is 30.6 Å². The Hall–Kier alpha value is -3.76. The van der Waals surface area contributed by atoms with Gasteiger partial charge in [0.25, 0.3) is 0 Å². The summed E-state index contributed by atoms with van der Waals surface area (Å²) in [6.07, 6.45) is 0.497. The highest BCUT2D eigenvalue weighted by Crippen LogP contribution is 2.44. The lowest BCUT2D eigenvalue weighted by molar-refractivity contribution is -0.124. The van der Waals surface area contributed by atoms with Crippen LogP contribution in [0.4, 0.5) is 4.79 Å². The van der Waals surface area contributed by atoms with Gasteiger partial charge in [-0.3, -0.25) is 4.79 Å². The summed E-state index contributed by atoms with van der Waals surface area (Å²) in [5.41, 5.74) is 4.42. The Morgan fingerprint density at radius 1 is 1.09 bits per heavy atom. The minimum Gasteiger partial charge on any atom is -0.477 e. The Morgan fingerprint density at radius 2 is 1.74 bits per heavy atom. The summed E-state index contributed by atoms with van der Waals surface area (Å²) < 4.78 is 10.6. The van der Waals surface area contributed by atoms with E-state index in [9.17, 15) is 14.4 Å². The number of thiazole rings is 1. The molecule has 1 heterocycles. The van der Waals surface area contributed by atoms with Crippen molar-refractivity contribution < 1.29 is 29.0 Å². The van der Waals surface area contributed by atoms with E-state index >= 15 is 0 Å². The molecule has 1 atom stereocenters. The Balaban J connectivity index is 1.35. The smallest absolute Gasteiger partial charge is 0.407 e. The first-order valence-corrected chi connectivity index (χ1v) is 11.4. The van der Waals surface area contributed by atoms with Gasteiger partial charge in [0.05, 0.1) is 19.3 Å². The maximum absolute atomic E-state index is 12.6. The van der Waals surface area contributed by atoms with Gasteiger partial charge in [0.1, 0.15) is 22.5 Å².